The van der Waals surface area contributed by atoms with E-state index in [1.807, 2.05) is 0 Å². The van der Waals surface area contributed by atoms with Gasteiger partial charge < -0.3 is 5.32 Å². The molecule has 0 atom stereocenters. The minimum Gasteiger partial charge on any atom is -0.662 e. The number of hydrogen-bond donors (Lipinski definition) is 0. The Morgan fingerprint density at radius 2 is 1.17 bits per heavy atom. The van der Waals surface area contributed by atoms with Crippen molar-refractivity contribution in [3.63, 3.8) is 0 Å². The summed E-state index contributed by atoms with van der Waals surface area (Å²) >= 11 is 0. The summed E-state index contributed by atoms with van der Waals surface area (Å²) < 4.78 is 0. The van der Waals surface area contributed by atoms with Crippen molar-refractivity contribution in [3.05, 3.63) is 5.32 Å². The van der Waals surface area contributed by atoms with E-state index in [9.17, 15) is 0 Å². The fraction of sp³-hybridized carbons (Fsp3) is 1.00. The zero-order valence-corrected chi connectivity index (χ0v) is 11.0. The molecule has 0 saturated heterocycles. The van der Waals surface area contributed by atoms with E-state index in [1.165, 1.54) is 12.3 Å². The molecular formula is C8H20LiNP2. The first-order valence-corrected chi connectivity index (χ1v) is 8.90. The SMILES string of the molecule is CP(C)CC[N-]CCP(C)C.[Li+]. The minimum atomic E-state index is 0. The van der Waals surface area contributed by atoms with Gasteiger partial charge in [0, 0.05) is 0 Å². The van der Waals surface area contributed by atoms with Crippen molar-refractivity contribution in [1.29, 1.82) is 0 Å². The Morgan fingerprint density at radius 3 is 1.42 bits per heavy atom. The van der Waals surface area contributed by atoms with Gasteiger partial charge in [0.15, 0.2) is 0 Å². The van der Waals surface area contributed by atoms with Crippen LogP contribution in [0.25, 0.3) is 5.32 Å². The molecule has 0 rings (SSSR count). The van der Waals surface area contributed by atoms with Crippen molar-refractivity contribution >= 4 is 15.8 Å². The Labute approximate surface area is 92.1 Å². The van der Waals surface area contributed by atoms with Crippen LogP contribution in [0.5, 0.6) is 0 Å². The zero-order valence-electron chi connectivity index (χ0n) is 9.17. The summed E-state index contributed by atoms with van der Waals surface area (Å²) in [5, 5.41) is 4.48. The van der Waals surface area contributed by atoms with Gasteiger partial charge in [-0.05, 0) is 26.7 Å². The summed E-state index contributed by atoms with van der Waals surface area (Å²) in [5.41, 5.74) is 0. The largest absolute Gasteiger partial charge is 1.00 e. The maximum Gasteiger partial charge on any atom is 1.00 e. The topological polar surface area (TPSA) is 14.1 Å². The predicted molar refractivity (Wildman–Crippen MR) is 60.4 cm³/mol. The fourth-order valence-electron chi connectivity index (χ4n) is 0.653. The molecule has 0 unspecified atom stereocenters. The predicted octanol–water partition coefficient (Wildman–Crippen LogP) is -0.153. The molecule has 0 N–H and O–H groups in total. The van der Waals surface area contributed by atoms with Gasteiger partial charge in [-0.25, -0.2) is 0 Å². The van der Waals surface area contributed by atoms with E-state index in [-0.39, 0.29) is 34.7 Å². The number of rotatable bonds is 6. The first-order valence-electron chi connectivity index (χ1n) is 4.05. The van der Waals surface area contributed by atoms with Crippen molar-refractivity contribution in [2.75, 3.05) is 52.1 Å². The molecule has 0 spiro atoms. The quantitative estimate of drug-likeness (QED) is 0.321. The van der Waals surface area contributed by atoms with Gasteiger partial charge in [-0.3, -0.25) is 0 Å². The van der Waals surface area contributed by atoms with Crippen LogP contribution in [0.4, 0.5) is 0 Å². The summed E-state index contributed by atoms with van der Waals surface area (Å²) in [4.78, 5) is 0. The van der Waals surface area contributed by atoms with Crippen molar-refractivity contribution < 1.29 is 18.9 Å². The van der Waals surface area contributed by atoms with Crippen LogP contribution in [-0.4, -0.2) is 52.1 Å². The summed E-state index contributed by atoms with van der Waals surface area (Å²) in [5.74, 6) is 0. The van der Waals surface area contributed by atoms with E-state index in [2.05, 4.69) is 32.0 Å². The van der Waals surface area contributed by atoms with Gasteiger partial charge in [0.1, 0.15) is 0 Å². The number of nitrogens with zero attached hydrogens (tertiary/aromatic N) is 1. The zero-order chi connectivity index (χ0) is 8.69. The molecule has 0 aromatic rings. The normalized spacial score (nSPS) is 10.5. The van der Waals surface area contributed by atoms with Gasteiger partial charge in [-0.15, -0.1) is 28.9 Å². The van der Waals surface area contributed by atoms with Crippen LogP contribution in [0, 0.1) is 0 Å². The van der Waals surface area contributed by atoms with Crippen LogP contribution in [-0.2, 0) is 0 Å². The molecule has 0 radical (unpaired) electrons. The molecule has 4 heteroatoms. The molecular weight excluding hydrogens is 179 g/mol. The van der Waals surface area contributed by atoms with E-state index < -0.39 is 0 Å². The first kappa shape index (κ1) is 15.9. The maximum atomic E-state index is 4.48. The summed E-state index contributed by atoms with van der Waals surface area (Å²) in [6.07, 6.45) is 2.64. The molecule has 0 amide bonds. The van der Waals surface area contributed by atoms with Crippen LogP contribution < -0.4 is 18.9 Å². The van der Waals surface area contributed by atoms with Crippen LogP contribution in [0.2, 0.25) is 0 Å². The monoisotopic (exact) mass is 199 g/mol. The second-order valence-electron chi connectivity index (χ2n) is 3.28. The summed E-state index contributed by atoms with van der Waals surface area (Å²) in [6, 6.07) is 0. The van der Waals surface area contributed by atoms with E-state index in [0.717, 1.165) is 13.1 Å². The molecule has 0 bridgehead atoms. The van der Waals surface area contributed by atoms with Gasteiger partial charge in [0.2, 0.25) is 0 Å². The molecule has 1 nitrogen and oxygen atoms in total. The van der Waals surface area contributed by atoms with E-state index in [0.29, 0.717) is 0 Å². The minimum absolute atomic E-state index is 0. The van der Waals surface area contributed by atoms with Crippen LogP contribution in [0.15, 0.2) is 0 Å². The van der Waals surface area contributed by atoms with Crippen LogP contribution in [0.3, 0.4) is 0 Å². The van der Waals surface area contributed by atoms with E-state index in [1.54, 1.807) is 0 Å². The smallest absolute Gasteiger partial charge is 0.662 e. The third-order valence-electron chi connectivity index (χ3n) is 1.41. The van der Waals surface area contributed by atoms with E-state index >= 15 is 0 Å². The third-order valence-corrected chi connectivity index (χ3v) is 3.60. The Bertz CT molecular complexity index is 79.1. The fourth-order valence-corrected chi connectivity index (χ4v) is 1.74. The Hall–Kier alpha value is 1.42. The standard InChI is InChI=1S/C8H20NP2.Li/c1-10(2)7-5-9-6-8-11(3)4;/h5-8H2,1-4H3;/q-1;+1. The van der Waals surface area contributed by atoms with Gasteiger partial charge >= 0.3 is 18.9 Å². The average molecular weight is 199 g/mol. The van der Waals surface area contributed by atoms with Crippen LogP contribution >= 0.6 is 15.8 Å². The number of hydrogen-bond acceptors (Lipinski definition) is 0. The van der Waals surface area contributed by atoms with Gasteiger partial charge in [0.05, 0.1) is 0 Å². The molecule has 0 heterocycles. The second-order valence-corrected chi connectivity index (χ2v) is 8.49. The summed E-state index contributed by atoms with van der Waals surface area (Å²) in [6.45, 7) is 11.5. The van der Waals surface area contributed by atoms with Gasteiger partial charge in [-0.2, -0.15) is 0 Å². The average Bonchev–Trinajstić information content (AvgIpc) is 1.85. The van der Waals surface area contributed by atoms with Crippen LogP contribution in [0.1, 0.15) is 0 Å². The summed E-state index contributed by atoms with van der Waals surface area (Å²) in [7, 11) is 0.558. The van der Waals surface area contributed by atoms with Crippen molar-refractivity contribution in [2.24, 2.45) is 0 Å². The Morgan fingerprint density at radius 1 is 0.833 bits per heavy atom. The molecule has 12 heavy (non-hydrogen) atoms. The van der Waals surface area contributed by atoms with Gasteiger partial charge in [-0.1, -0.05) is 12.3 Å². The first-order chi connectivity index (χ1) is 5.13. The molecule has 0 fully saturated rings. The molecule has 0 aliphatic rings. The van der Waals surface area contributed by atoms with Crippen molar-refractivity contribution in [2.45, 2.75) is 0 Å². The Kier molecular flexibility index (Phi) is 13.9. The molecule has 0 saturated carbocycles. The molecule has 0 aliphatic carbocycles. The van der Waals surface area contributed by atoms with Crippen molar-refractivity contribution in [1.82, 2.24) is 0 Å². The maximum absolute atomic E-state index is 4.48. The third kappa shape index (κ3) is 14.0. The van der Waals surface area contributed by atoms with Gasteiger partial charge in [0.25, 0.3) is 0 Å². The molecule has 0 aromatic heterocycles. The second kappa shape index (κ2) is 10.5. The molecule has 0 aromatic carbocycles. The molecule has 68 valence electrons. The van der Waals surface area contributed by atoms with Crippen molar-refractivity contribution in [3.8, 4) is 0 Å². The van der Waals surface area contributed by atoms with E-state index in [4.69, 9.17) is 0 Å². The Balaban J connectivity index is 0. The molecule has 0 aliphatic heterocycles.